The fraction of sp³-hybridized carbons (Fsp3) is 0.923. The highest BCUT2D eigenvalue weighted by Gasteiger charge is 2.46. The van der Waals surface area contributed by atoms with Crippen molar-refractivity contribution in [2.24, 2.45) is 0 Å². The number of hydrogen-bond donors (Lipinski definition) is 6. The van der Waals surface area contributed by atoms with Gasteiger partial charge in [0.2, 0.25) is 0 Å². The third-order valence-corrected chi connectivity index (χ3v) is 4.20. The van der Waals surface area contributed by atoms with Crippen molar-refractivity contribution in [3.63, 3.8) is 0 Å². The molecule has 11 nitrogen and oxygen atoms in total. The Hall–Kier alpha value is -0.665. The van der Waals surface area contributed by atoms with Gasteiger partial charge in [0.05, 0.1) is 19.3 Å². The van der Waals surface area contributed by atoms with Gasteiger partial charge in [-0.3, -0.25) is 0 Å². The Kier molecular flexibility index (Phi) is 7.28. The standard InChI is InChI=1S/C13H23BO11/c1-14-22-4-7(25-14)10(19)8(17)5(2-15)23-13-12(21)11(20)9(18)6(3-16)24-13/h2,5-13,16-21H,3-4H2,1H3/t5-,6+,7?,8+,9+,10+,11-,12+,13-/m0/s1. The molecule has 144 valence electrons. The Morgan fingerprint density at radius 1 is 1.24 bits per heavy atom. The first kappa shape index (κ1) is 20.6. The van der Waals surface area contributed by atoms with E-state index >= 15 is 0 Å². The number of rotatable bonds is 7. The van der Waals surface area contributed by atoms with Crippen molar-refractivity contribution in [1.29, 1.82) is 0 Å². The summed E-state index contributed by atoms with van der Waals surface area (Å²) in [7, 11) is -0.576. The van der Waals surface area contributed by atoms with Crippen molar-refractivity contribution >= 4 is 13.4 Å². The van der Waals surface area contributed by atoms with Gasteiger partial charge in [-0.1, -0.05) is 0 Å². The largest absolute Gasteiger partial charge is 0.453 e. The number of aliphatic hydroxyl groups is 6. The molecule has 1 unspecified atom stereocenters. The van der Waals surface area contributed by atoms with E-state index in [0.29, 0.717) is 0 Å². The Morgan fingerprint density at radius 3 is 2.44 bits per heavy atom. The van der Waals surface area contributed by atoms with Crippen LogP contribution in [0.15, 0.2) is 0 Å². The van der Waals surface area contributed by atoms with E-state index in [-0.39, 0.29) is 12.9 Å². The third-order valence-electron chi connectivity index (χ3n) is 4.20. The summed E-state index contributed by atoms with van der Waals surface area (Å²) in [6.45, 7) is 0.929. The lowest BCUT2D eigenvalue weighted by atomic mass is 9.96. The highest BCUT2D eigenvalue weighted by molar-refractivity contribution is 6.43. The maximum absolute atomic E-state index is 11.2. The number of ether oxygens (including phenoxy) is 2. The monoisotopic (exact) mass is 366 g/mol. The van der Waals surface area contributed by atoms with Crippen molar-refractivity contribution in [3.05, 3.63) is 0 Å². The second kappa shape index (κ2) is 8.82. The molecule has 2 saturated heterocycles. The quantitative estimate of drug-likeness (QED) is 0.190. The number of aldehydes is 1. The highest BCUT2D eigenvalue weighted by atomic mass is 16.7. The molecular weight excluding hydrogens is 343 g/mol. The van der Waals surface area contributed by atoms with Crippen molar-refractivity contribution in [2.45, 2.75) is 61.9 Å². The van der Waals surface area contributed by atoms with Crippen LogP contribution in [0.4, 0.5) is 0 Å². The first-order chi connectivity index (χ1) is 11.8. The summed E-state index contributed by atoms with van der Waals surface area (Å²) in [5, 5.41) is 58.6. The number of hydrogen-bond acceptors (Lipinski definition) is 11. The Morgan fingerprint density at radius 2 is 1.92 bits per heavy atom. The minimum Gasteiger partial charge on any atom is -0.409 e. The van der Waals surface area contributed by atoms with E-state index < -0.39 is 68.8 Å². The molecule has 0 aliphatic carbocycles. The van der Waals surface area contributed by atoms with Crippen LogP contribution in [-0.4, -0.2) is 112 Å². The summed E-state index contributed by atoms with van der Waals surface area (Å²) in [4.78, 5) is 11.2. The molecule has 0 aromatic heterocycles. The third kappa shape index (κ3) is 4.55. The molecule has 25 heavy (non-hydrogen) atoms. The molecule has 0 radical (unpaired) electrons. The van der Waals surface area contributed by atoms with Crippen LogP contribution >= 0.6 is 0 Å². The summed E-state index contributed by atoms with van der Waals surface area (Å²) in [6.07, 6.45) is -13.5. The van der Waals surface area contributed by atoms with E-state index in [0.717, 1.165) is 0 Å². The van der Waals surface area contributed by atoms with Crippen LogP contribution in [0.1, 0.15) is 0 Å². The predicted molar refractivity (Wildman–Crippen MR) is 79.2 cm³/mol. The summed E-state index contributed by atoms with van der Waals surface area (Å²) >= 11 is 0. The SMILES string of the molecule is CB1OCC([C@@H](O)[C@H](O)[C@H](C=O)O[C@H]2O[C@H](CO)[C@@H](O)[C@H](O)[C@H]2O)O1. The molecule has 2 fully saturated rings. The smallest absolute Gasteiger partial charge is 0.409 e. The number of aliphatic hydroxyl groups excluding tert-OH is 6. The summed E-state index contributed by atoms with van der Waals surface area (Å²) in [5.41, 5.74) is 0. The molecule has 2 aliphatic rings. The molecule has 0 bridgehead atoms. The van der Waals surface area contributed by atoms with Gasteiger partial charge in [-0.2, -0.15) is 0 Å². The van der Waals surface area contributed by atoms with Crippen LogP contribution in [0.3, 0.4) is 0 Å². The number of carbonyl (C=O) groups is 1. The van der Waals surface area contributed by atoms with Crippen molar-refractivity contribution in [3.8, 4) is 0 Å². The average Bonchev–Trinajstić information content (AvgIpc) is 3.04. The maximum atomic E-state index is 11.2. The predicted octanol–water partition coefficient (Wildman–Crippen LogP) is -4.37. The molecular formula is C13H23BO11. The summed E-state index contributed by atoms with van der Waals surface area (Å²) in [6, 6.07) is 0. The lowest BCUT2D eigenvalue weighted by Crippen LogP contribution is -2.60. The van der Waals surface area contributed by atoms with Gasteiger partial charge < -0.3 is 54.2 Å². The van der Waals surface area contributed by atoms with Crippen molar-refractivity contribution in [1.82, 2.24) is 0 Å². The molecule has 0 aromatic rings. The van der Waals surface area contributed by atoms with Gasteiger partial charge in [-0.05, 0) is 6.82 Å². The molecule has 0 saturated carbocycles. The lowest BCUT2D eigenvalue weighted by molar-refractivity contribution is -0.314. The molecule has 0 amide bonds. The summed E-state index contributed by atoms with van der Waals surface area (Å²) in [5.74, 6) is 0. The zero-order chi connectivity index (χ0) is 18.7. The van der Waals surface area contributed by atoms with Crippen LogP contribution < -0.4 is 0 Å². The van der Waals surface area contributed by atoms with Gasteiger partial charge in [0.15, 0.2) is 12.6 Å². The van der Waals surface area contributed by atoms with E-state index in [1.165, 1.54) is 0 Å². The van der Waals surface area contributed by atoms with E-state index in [1.807, 2.05) is 0 Å². The van der Waals surface area contributed by atoms with Gasteiger partial charge in [0, 0.05) is 0 Å². The first-order valence-electron chi connectivity index (χ1n) is 7.84. The molecule has 9 atom stereocenters. The van der Waals surface area contributed by atoms with E-state index in [2.05, 4.69) is 0 Å². The fourth-order valence-electron chi connectivity index (χ4n) is 2.68. The normalized spacial score (nSPS) is 39.9. The van der Waals surface area contributed by atoms with Gasteiger partial charge in [-0.15, -0.1) is 0 Å². The van der Waals surface area contributed by atoms with Gasteiger partial charge in [0.25, 0.3) is 0 Å². The Labute approximate surface area is 143 Å². The van der Waals surface area contributed by atoms with Gasteiger partial charge in [0.1, 0.15) is 42.7 Å². The van der Waals surface area contributed by atoms with Crippen molar-refractivity contribution in [2.75, 3.05) is 13.2 Å². The minimum atomic E-state index is -1.74. The molecule has 0 aromatic carbocycles. The van der Waals surface area contributed by atoms with Crippen LogP contribution in [0.2, 0.25) is 6.82 Å². The van der Waals surface area contributed by atoms with E-state index in [1.54, 1.807) is 6.82 Å². The van der Waals surface area contributed by atoms with E-state index in [4.69, 9.17) is 23.9 Å². The molecule has 2 aliphatic heterocycles. The molecule has 2 rings (SSSR count). The Bertz CT molecular complexity index is 438. The maximum Gasteiger partial charge on any atom is 0.453 e. The van der Waals surface area contributed by atoms with Crippen LogP contribution in [-0.2, 0) is 23.6 Å². The minimum absolute atomic E-state index is 0.00498. The number of carbonyl (C=O) groups excluding carboxylic acids is 1. The fourth-order valence-corrected chi connectivity index (χ4v) is 2.68. The van der Waals surface area contributed by atoms with E-state index in [9.17, 15) is 30.3 Å². The van der Waals surface area contributed by atoms with Gasteiger partial charge >= 0.3 is 7.12 Å². The average molecular weight is 366 g/mol. The zero-order valence-corrected chi connectivity index (χ0v) is 13.5. The lowest BCUT2D eigenvalue weighted by Gasteiger charge is -2.41. The highest BCUT2D eigenvalue weighted by Crippen LogP contribution is 2.24. The molecule has 6 N–H and O–H groups in total. The van der Waals surface area contributed by atoms with Crippen LogP contribution in [0, 0.1) is 0 Å². The van der Waals surface area contributed by atoms with Crippen LogP contribution in [0.25, 0.3) is 0 Å². The topological polar surface area (TPSA) is 175 Å². The summed E-state index contributed by atoms with van der Waals surface area (Å²) < 4.78 is 20.6. The Balaban J connectivity index is 2.01. The van der Waals surface area contributed by atoms with Crippen LogP contribution in [0.5, 0.6) is 0 Å². The first-order valence-corrected chi connectivity index (χ1v) is 7.84. The zero-order valence-electron chi connectivity index (χ0n) is 13.5. The molecule has 0 spiro atoms. The second-order valence-electron chi connectivity index (χ2n) is 5.99. The van der Waals surface area contributed by atoms with Gasteiger partial charge in [-0.25, -0.2) is 0 Å². The van der Waals surface area contributed by atoms with Crippen molar-refractivity contribution < 1.29 is 54.2 Å². The molecule has 12 heteroatoms. The molecule has 2 heterocycles. The second-order valence-corrected chi connectivity index (χ2v) is 5.99.